The average molecular weight is 440 g/mol. The number of benzene rings is 2. The minimum atomic E-state index is -0.901. The van der Waals surface area contributed by atoms with Crippen LogP contribution in [0.1, 0.15) is 44.7 Å². The van der Waals surface area contributed by atoms with Gasteiger partial charge in [0, 0.05) is 6.61 Å². The number of carbonyl (C=O) groups excluding carboxylic acids is 2. The summed E-state index contributed by atoms with van der Waals surface area (Å²) in [7, 11) is 0. The summed E-state index contributed by atoms with van der Waals surface area (Å²) in [6, 6.07) is 18.8. The molecule has 1 heterocycles. The Kier molecular flexibility index (Phi) is 8.28. The van der Waals surface area contributed by atoms with E-state index in [1.54, 1.807) is 0 Å². The van der Waals surface area contributed by atoms with Crippen molar-refractivity contribution in [1.82, 2.24) is 5.32 Å². The van der Waals surface area contributed by atoms with Crippen LogP contribution in [0.15, 0.2) is 60.7 Å². The molecule has 0 radical (unpaired) electrons. The first-order valence-electron chi connectivity index (χ1n) is 11.2. The molecule has 0 bridgehead atoms. The highest BCUT2D eigenvalue weighted by atomic mass is 16.6. The predicted molar refractivity (Wildman–Crippen MR) is 122 cm³/mol. The van der Waals surface area contributed by atoms with Crippen LogP contribution in [0.4, 0.5) is 4.79 Å². The number of esters is 1. The van der Waals surface area contributed by atoms with Gasteiger partial charge in [0.05, 0.1) is 6.61 Å². The van der Waals surface area contributed by atoms with Gasteiger partial charge in [-0.15, -0.1) is 0 Å². The van der Waals surface area contributed by atoms with E-state index in [0.717, 1.165) is 18.4 Å². The molecule has 0 spiro atoms. The van der Waals surface area contributed by atoms with E-state index in [1.165, 1.54) is 5.56 Å². The van der Waals surface area contributed by atoms with E-state index in [0.29, 0.717) is 6.61 Å². The third-order valence-corrected chi connectivity index (χ3v) is 6.00. The maximum atomic E-state index is 12.7. The van der Waals surface area contributed by atoms with Gasteiger partial charge in [-0.25, -0.2) is 9.59 Å². The third-order valence-electron chi connectivity index (χ3n) is 6.00. The van der Waals surface area contributed by atoms with Gasteiger partial charge in [-0.05, 0) is 42.2 Å². The Hall–Kier alpha value is -2.86. The highest BCUT2D eigenvalue weighted by Crippen LogP contribution is 2.34. The van der Waals surface area contributed by atoms with E-state index >= 15 is 0 Å². The van der Waals surface area contributed by atoms with Gasteiger partial charge in [-0.3, -0.25) is 0 Å². The van der Waals surface area contributed by atoms with Crippen LogP contribution in [0.3, 0.4) is 0 Å². The zero-order valence-corrected chi connectivity index (χ0v) is 19.1. The standard InChI is InChI=1S/C26H33NO5/c1-19-21(16-26(2,3)22-12-8-5-9-13-22)14-15-30-18-23(24(28)32-19)27-25(29)31-17-20-10-6-4-7-11-20/h4-13,19,21,23H,14-18H2,1-3H3,(H,27,29)/t19-,21-,23-/m0/s1. The summed E-state index contributed by atoms with van der Waals surface area (Å²) in [5.41, 5.74) is 2.05. The van der Waals surface area contributed by atoms with Crippen molar-refractivity contribution < 1.29 is 23.8 Å². The van der Waals surface area contributed by atoms with E-state index < -0.39 is 18.1 Å². The molecule has 1 saturated heterocycles. The number of hydrogen-bond donors (Lipinski definition) is 1. The Morgan fingerprint density at radius 2 is 1.75 bits per heavy atom. The maximum absolute atomic E-state index is 12.7. The first kappa shape index (κ1) is 23.8. The summed E-state index contributed by atoms with van der Waals surface area (Å²) in [4.78, 5) is 25.0. The number of carbonyl (C=O) groups is 2. The quantitative estimate of drug-likeness (QED) is 0.665. The summed E-state index contributed by atoms with van der Waals surface area (Å²) in [6.45, 7) is 7.01. The summed E-state index contributed by atoms with van der Waals surface area (Å²) in [5, 5.41) is 2.58. The van der Waals surface area contributed by atoms with E-state index in [4.69, 9.17) is 14.2 Å². The molecule has 32 heavy (non-hydrogen) atoms. The van der Waals surface area contributed by atoms with Crippen molar-refractivity contribution >= 4 is 12.1 Å². The van der Waals surface area contributed by atoms with Crippen LogP contribution in [0, 0.1) is 5.92 Å². The molecule has 172 valence electrons. The molecule has 6 heteroatoms. The monoisotopic (exact) mass is 439 g/mol. The van der Waals surface area contributed by atoms with Gasteiger partial charge in [0.15, 0.2) is 6.04 Å². The third kappa shape index (κ3) is 6.82. The van der Waals surface area contributed by atoms with Crippen molar-refractivity contribution in [3.63, 3.8) is 0 Å². The predicted octanol–water partition coefficient (Wildman–Crippen LogP) is 4.62. The molecule has 1 fully saturated rings. The minimum absolute atomic E-state index is 0.0563. The van der Waals surface area contributed by atoms with E-state index in [9.17, 15) is 9.59 Å². The van der Waals surface area contributed by atoms with Crippen LogP contribution in [0.2, 0.25) is 0 Å². The second kappa shape index (κ2) is 11.1. The van der Waals surface area contributed by atoms with Gasteiger partial charge in [0.1, 0.15) is 12.7 Å². The van der Waals surface area contributed by atoms with Crippen LogP contribution in [-0.4, -0.2) is 37.4 Å². The number of nitrogens with one attached hydrogen (secondary N) is 1. The van der Waals surface area contributed by atoms with Gasteiger partial charge >= 0.3 is 12.1 Å². The first-order chi connectivity index (χ1) is 15.3. The van der Waals surface area contributed by atoms with Gasteiger partial charge in [-0.2, -0.15) is 0 Å². The second-order valence-corrected chi connectivity index (χ2v) is 8.98. The topological polar surface area (TPSA) is 73.9 Å². The van der Waals surface area contributed by atoms with Crippen LogP contribution in [0.25, 0.3) is 0 Å². The lowest BCUT2D eigenvalue weighted by Crippen LogP contribution is -2.46. The summed E-state index contributed by atoms with van der Waals surface area (Å²) >= 11 is 0. The van der Waals surface area contributed by atoms with Crippen molar-refractivity contribution in [2.24, 2.45) is 5.92 Å². The second-order valence-electron chi connectivity index (χ2n) is 8.98. The zero-order chi connectivity index (χ0) is 23.0. The summed E-state index contributed by atoms with van der Waals surface area (Å²) in [5.74, 6) is -0.364. The van der Waals surface area contributed by atoms with Crippen molar-refractivity contribution in [1.29, 1.82) is 0 Å². The Labute approximate surface area is 190 Å². The van der Waals surface area contributed by atoms with Gasteiger partial charge in [0.25, 0.3) is 0 Å². The van der Waals surface area contributed by atoms with E-state index in [-0.39, 0.29) is 30.7 Å². The van der Waals surface area contributed by atoms with E-state index in [2.05, 4.69) is 31.3 Å². The maximum Gasteiger partial charge on any atom is 0.408 e. The van der Waals surface area contributed by atoms with Gasteiger partial charge < -0.3 is 19.5 Å². The van der Waals surface area contributed by atoms with Gasteiger partial charge in [0.2, 0.25) is 0 Å². The van der Waals surface area contributed by atoms with Crippen LogP contribution in [0.5, 0.6) is 0 Å². The Balaban J connectivity index is 1.57. The smallest absolute Gasteiger partial charge is 0.408 e. The molecule has 0 unspecified atom stereocenters. The molecule has 2 aromatic rings. The number of cyclic esters (lactones) is 1. The lowest BCUT2D eigenvalue weighted by Gasteiger charge is -2.33. The molecule has 1 aliphatic heterocycles. The number of ether oxygens (including phenoxy) is 3. The number of alkyl carbamates (subject to hydrolysis) is 1. The summed E-state index contributed by atoms with van der Waals surface area (Å²) < 4.78 is 16.7. The zero-order valence-electron chi connectivity index (χ0n) is 19.1. The summed E-state index contributed by atoms with van der Waals surface area (Å²) in [6.07, 6.45) is 0.659. The van der Waals surface area contributed by atoms with Crippen molar-refractivity contribution in [2.75, 3.05) is 13.2 Å². The van der Waals surface area contributed by atoms with Crippen LogP contribution < -0.4 is 5.32 Å². The van der Waals surface area contributed by atoms with Crippen molar-refractivity contribution in [2.45, 2.75) is 57.8 Å². The SMILES string of the molecule is C[C@@H]1OC(=O)[C@@H](NC(=O)OCc2ccccc2)COCC[C@H]1CC(C)(C)c1ccccc1. The molecular weight excluding hydrogens is 406 g/mol. The number of amides is 1. The Bertz CT molecular complexity index is 868. The molecule has 1 amide bonds. The first-order valence-corrected chi connectivity index (χ1v) is 11.2. The molecule has 0 aliphatic carbocycles. The highest BCUT2D eigenvalue weighted by molar-refractivity contribution is 5.81. The average Bonchev–Trinajstić information content (AvgIpc) is 2.85. The largest absolute Gasteiger partial charge is 0.461 e. The van der Waals surface area contributed by atoms with Crippen LogP contribution in [-0.2, 0) is 31.0 Å². The fourth-order valence-corrected chi connectivity index (χ4v) is 4.04. The van der Waals surface area contributed by atoms with Gasteiger partial charge in [-0.1, -0.05) is 74.5 Å². The van der Waals surface area contributed by atoms with Crippen molar-refractivity contribution in [3.8, 4) is 0 Å². The molecule has 0 saturated carbocycles. The fraction of sp³-hybridized carbons (Fsp3) is 0.462. The molecule has 6 nitrogen and oxygen atoms in total. The Morgan fingerprint density at radius 3 is 2.44 bits per heavy atom. The normalized spacial score (nSPS) is 22.1. The molecule has 3 atom stereocenters. The molecule has 3 rings (SSSR count). The van der Waals surface area contributed by atoms with Crippen molar-refractivity contribution in [3.05, 3.63) is 71.8 Å². The Morgan fingerprint density at radius 1 is 1.09 bits per heavy atom. The molecule has 1 N–H and O–H groups in total. The lowest BCUT2D eigenvalue weighted by atomic mass is 9.75. The highest BCUT2D eigenvalue weighted by Gasteiger charge is 2.33. The van der Waals surface area contributed by atoms with E-state index in [1.807, 2.05) is 55.5 Å². The molecule has 1 aliphatic rings. The number of rotatable bonds is 6. The molecule has 2 aromatic carbocycles. The van der Waals surface area contributed by atoms with Crippen LogP contribution >= 0.6 is 0 Å². The fourth-order valence-electron chi connectivity index (χ4n) is 4.04. The molecular formula is C26H33NO5. The molecule has 0 aromatic heterocycles. The lowest BCUT2D eigenvalue weighted by molar-refractivity contribution is -0.153. The number of hydrogen-bond acceptors (Lipinski definition) is 5. The minimum Gasteiger partial charge on any atom is -0.461 e.